The van der Waals surface area contributed by atoms with E-state index in [-0.39, 0.29) is 0 Å². The fraction of sp³-hybridized carbons (Fsp3) is 0.0667. The van der Waals surface area contributed by atoms with E-state index in [1.165, 1.54) is 18.3 Å². The number of nitrogens with two attached hydrogens (primary N) is 1. The van der Waals surface area contributed by atoms with Crippen LogP contribution in [0.1, 0.15) is 11.1 Å². The topological polar surface area (TPSA) is 90.8 Å². The third kappa shape index (κ3) is 3.15. The third-order valence-corrected chi connectivity index (χ3v) is 4.41. The Kier molecular flexibility index (Phi) is 4.09. The molecule has 0 bridgehead atoms. The van der Waals surface area contributed by atoms with Crippen molar-refractivity contribution >= 4 is 27.6 Å². The van der Waals surface area contributed by atoms with Crippen LogP contribution in [0.3, 0.4) is 0 Å². The molecule has 0 saturated carbocycles. The minimum absolute atomic E-state index is 0.380. The first-order valence-corrected chi connectivity index (χ1v) is 7.88. The number of pyridine rings is 1. The molecule has 1 aromatic carbocycles. The summed E-state index contributed by atoms with van der Waals surface area (Å²) in [5, 5.41) is 15.5. The molecule has 122 valence electrons. The van der Waals surface area contributed by atoms with Crippen molar-refractivity contribution in [1.29, 1.82) is 5.26 Å². The van der Waals surface area contributed by atoms with Crippen LogP contribution in [0.5, 0.6) is 0 Å². The molecule has 0 saturated heterocycles. The van der Waals surface area contributed by atoms with Gasteiger partial charge in [-0.1, -0.05) is 0 Å². The standard InChI is InChI=1S/C15H10F3N5S/c16-15(17,18)10-1-3-11(4-2-10)24(20)23-13-8-22-14-12(13)5-9(6-19)7-21-14/h1-5,7-8H,(H2,20,23)(H,21,22). The molecule has 5 nitrogen and oxygen atoms in total. The minimum Gasteiger partial charge on any atom is -0.344 e. The summed E-state index contributed by atoms with van der Waals surface area (Å²) in [5.74, 6) is 0. The zero-order valence-corrected chi connectivity index (χ0v) is 12.8. The molecule has 9 heteroatoms. The van der Waals surface area contributed by atoms with Crippen LogP contribution >= 0.6 is 0 Å². The van der Waals surface area contributed by atoms with Gasteiger partial charge in [-0.2, -0.15) is 18.4 Å². The molecule has 1 atom stereocenters. The molecule has 2 aromatic heterocycles. The largest absolute Gasteiger partial charge is 0.416 e. The third-order valence-electron chi connectivity index (χ3n) is 3.26. The number of fused-ring (bicyclic) bond motifs is 1. The molecule has 0 aliphatic carbocycles. The number of nitrogens with one attached hydrogen (secondary N) is 1. The van der Waals surface area contributed by atoms with Gasteiger partial charge in [0.25, 0.3) is 0 Å². The van der Waals surface area contributed by atoms with Crippen molar-refractivity contribution in [2.45, 2.75) is 11.1 Å². The number of aromatic amines is 1. The monoisotopic (exact) mass is 349 g/mol. The molecule has 3 N–H and O–H groups in total. The highest BCUT2D eigenvalue weighted by molar-refractivity contribution is 7.85. The highest BCUT2D eigenvalue weighted by atomic mass is 32.2. The predicted octanol–water partition coefficient (Wildman–Crippen LogP) is 3.82. The highest BCUT2D eigenvalue weighted by Gasteiger charge is 2.30. The van der Waals surface area contributed by atoms with Crippen LogP contribution in [-0.4, -0.2) is 9.97 Å². The lowest BCUT2D eigenvalue weighted by molar-refractivity contribution is -0.137. The van der Waals surface area contributed by atoms with Crippen LogP contribution in [0.15, 0.2) is 52.0 Å². The number of aromatic nitrogens is 2. The maximum absolute atomic E-state index is 12.6. The number of nitriles is 1. The molecule has 0 fully saturated rings. The maximum atomic E-state index is 12.6. The van der Waals surface area contributed by atoms with Crippen LogP contribution in [0, 0.1) is 11.3 Å². The zero-order valence-electron chi connectivity index (χ0n) is 12.0. The van der Waals surface area contributed by atoms with Crippen LogP contribution in [0.2, 0.25) is 0 Å². The predicted molar refractivity (Wildman–Crippen MR) is 84.2 cm³/mol. The Hall–Kier alpha value is -2.70. The molecule has 1 unspecified atom stereocenters. The fourth-order valence-corrected chi connectivity index (χ4v) is 2.95. The summed E-state index contributed by atoms with van der Waals surface area (Å²) >= 11 is 0. The van der Waals surface area contributed by atoms with Gasteiger partial charge in [0.2, 0.25) is 0 Å². The van der Waals surface area contributed by atoms with Crippen molar-refractivity contribution in [1.82, 2.24) is 9.97 Å². The average Bonchev–Trinajstić information content (AvgIpc) is 2.96. The highest BCUT2D eigenvalue weighted by Crippen LogP contribution is 2.30. The van der Waals surface area contributed by atoms with Gasteiger partial charge in [0.1, 0.15) is 11.7 Å². The number of rotatable bonds is 2. The van der Waals surface area contributed by atoms with E-state index in [9.17, 15) is 13.2 Å². The quantitative estimate of drug-likeness (QED) is 0.737. The summed E-state index contributed by atoms with van der Waals surface area (Å²) in [6, 6.07) is 8.18. The summed E-state index contributed by atoms with van der Waals surface area (Å²) in [7, 11) is -1.14. The Balaban J connectivity index is 1.98. The van der Waals surface area contributed by atoms with E-state index < -0.39 is 22.6 Å². The Morgan fingerprint density at radius 3 is 2.58 bits per heavy atom. The van der Waals surface area contributed by atoms with E-state index in [1.807, 2.05) is 6.07 Å². The molecule has 0 amide bonds. The second-order valence-electron chi connectivity index (χ2n) is 4.83. The van der Waals surface area contributed by atoms with Gasteiger partial charge in [-0.05, 0) is 30.3 Å². The van der Waals surface area contributed by atoms with E-state index in [0.29, 0.717) is 27.2 Å². The van der Waals surface area contributed by atoms with Gasteiger partial charge in [-0.15, -0.1) is 0 Å². The number of H-pyrrole nitrogens is 1. The smallest absolute Gasteiger partial charge is 0.344 e. The van der Waals surface area contributed by atoms with E-state index in [1.54, 1.807) is 12.3 Å². The molecule has 3 rings (SSSR count). The Bertz CT molecular complexity index is 967. The molecule has 0 spiro atoms. The van der Waals surface area contributed by atoms with Crippen molar-refractivity contribution in [2.24, 2.45) is 9.50 Å². The van der Waals surface area contributed by atoms with E-state index in [4.69, 9.17) is 10.4 Å². The van der Waals surface area contributed by atoms with E-state index >= 15 is 0 Å². The summed E-state index contributed by atoms with van der Waals surface area (Å²) in [6.07, 6.45) is -1.37. The lowest BCUT2D eigenvalue weighted by atomic mass is 10.2. The molecular weight excluding hydrogens is 339 g/mol. The van der Waals surface area contributed by atoms with E-state index in [0.717, 1.165) is 12.1 Å². The zero-order chi connectivity index (χ0) is 17.3. The van der Waals surface area contributed by atoms with Crippen molar-refractivity contribution < 1.29 is 13.2 Å². The SMILES string of the molecule is N#Cc1cnc2[nH]cc(N=S(N)c3ccc(C(F)(F)F)cc3)c2c1. The Morgan fingerprint density at radius 2 is 1.96 bits per heavy atom. The van der Waals surface area contributed by atoms with Crippen molar-refractivity contribution in [3.05, 3.63) is 53.9 Å². The summed E-state index contributed by atoms with van der Waals surface area (Å²) in [4.78, 5) is 7.48. The summed E-state index contributed by atoms with van der Waals surface area (Å²) < 4.78 is 42.1. The summed E-state index contributed by atoms with van der Waals surface area (Å²) in [5.41, 5.74) is 0.695. The molecule has 3 aromatic rings. The number of nitrogens with zero attached hydrogens (tertiary/aromatic N) is 3. The number of halogens is 3. The maximum Gasteiger partial charge on any atom is 0.416 e. The number of hydrogen-bond donors (Lipinski definition) is 2. The second kappa shape index (κ2) is 6.07. The number of alkyl halides is 3. The van der Waals surface area contributed by atoms with Crippen molar-refractivity contribution in [3.63, 3.8) is 0 Å². The first kappa shape index (κ1) is 16.2. The molecule has 0 aliphatic rings. The fourth-order valence-electron chi connectivity index (χ4n) is 2.07. The summed E-state index contributed by atoms with van der Waals surface area (Å²) in [6.45, 7) is 0. The first-order valence-electron chi connectivity index (χ1n) is 6.63. The lowest BCUT2D eigenvalue weighted by Gasteiger charge is -2.07. The van der Waals surface area contributed by atoms with Crippen molar-refractivity contribution in [3.8, 4) is 6.07 Å². The minimum atomic E-state index is -4.39. The van der Waals surface area contributed by atoms with Gasteiger partial charge in [0.15, 0.2) is 0 Å². The Morgan fingerprint density at radius 1 is 1.25 bits per heavy atom. The molecule has 0 aliphatic heterocycles. The van der Waals surface area contributed by atoms with Gasteiger partial charge >= 0.3 is 6.18 Å². The van der Waals surface area contributed by atoms with Gasteiger partial charge in [0.05, 0.1) is 16.8 Å². The second-order valence-corrected chi connectivity index (χ2v) is 6.12. The molecular formula is C15H10F3N5S. The van der Waals surface area contributed by atoms with E-state index in [2.05, 4.69) is 14.3 Å². The van der Waals surface area contributed by atoms with Crippen LogP contribution in [0.25, 0.3) is 11.0 Å². The van der Waals surface area contributed by atoms with Crippen molar-refractivity contribution in [2.75, 3.05) is 0 Å². The Labute approximate surface area is 137 Å². The van der Waals surface area contributed by atoms with Crippen LogP contribution < -0.4 is 5.14 Å². The van der Waals surface area contributed by atoms with Gasteiger partial charge in [-0.25, -0.2) is 9.35 Å². The molecule has 2 heterocycles. The van der Waals surface area contributed by atoms with Gasteiger partial charge in [-0.3, -0.25) is 5.14 Å². The van der Waals surface area contributed by atoms with Crippen LogP contribution in [-0.2, 0) is 17.1 Å². The average molecular weight is 349 g/mol. The normalized spacial score (nSPS) is 13.1. The lowest BCUT2D eigenvalue weighted by Crippen LogP contribution is -2.06. The number of hydrogen-bond acceptors (Lipinski definition) is 3. The molecule has 0 radical (unpaired) electrons. The van der Waals surface area contributed by atoms with Gasteiger partial charge < -0.3 is 4.98 Å². The number of benzene rings is 1. The molecule has 24 heavy (non-hydrogen) atoms. The van der Waals surface area contributed by atoms with Gasteiger partial charge in [0, 0.05) is 33.6 Å². The first-order chi connectivity index (χ1) is 11.4. The van der Waals surface area contributed by atoms with Crippen LogP contribution in [0.4, 0.5) is 18.9 Å².